The van der Waals surface area contributed by atoms with Crippen LogP contribution in [0.5, 0.6) is 0 Å². The predicted octanol–water partition coefficient (Wildman–Crippen LogP) is 7.79. The summed E-state index contributed by atoms with van der Waals surface area (Å²) in [4.78, 5) is 13.6. The number of rotatable bonds is 2. The third-order valence-electron chi connectivity index (χ3n) is 5.86. The highest BCUT2D eigenvalue weighted by Crippen LogP contribution is 2.53. The van der Waals surface area contributed by atoms with Crippen LogP contribution in [0.4, 0.5) is 17.1 Å². The fraction of sp³-hybridized carbons (Fsp3) is 0.179. The van der Waals surface area contributed by atoms with Gasteiger partial charge in [0.05, 0.1) is 11.4 Å². The van der Waals surface area contributed by atoms with Crippen molar-refractivity contribution in [1.29, 1.82) is 0 Å². The summed E-state index contributed by atoms with van der Waals surface area (Å²) in [5.41, 5.74) is 6.72. The van der Waals surface area contributed by atoms with Crippen LogP contribution in [0.3, 0.4) is 0 Å². The Labute approximate surface area is 178 Å². The van der Waals surface area contributed by atoms with Gasteiger partial charge in [-0.3, -0.25) is 4.79 Å². The van der Waals surface area contributed by atoms with Crippen molar-refractivity contribution >= 4 is 34.1 Å². The standard InChI is InChI=1S/C26H21NO.C2H6/c1-26(2)22-10-6-7-11-23(22)27(20-8-4-3-5-9-20)24-15-13-19-16-18(17-28)12-14-21(19)25(24)26;1-2/h3-17H,1-2H3;1-2H3. The lowest BCUT2D eigenvalue weighted by atomic mass is 9.71. The maximum Gasteiger partial charge on any atom is 0.150 e. The molecule has 0 saturated heterocycles. The van der Waals surface area contributed by atoms with Crippen molar-refractivity contribution in [1.82, 2.24) is 0 Å². The van der Waals surface area contributed by atoms with Crippen LogP contribution in [0.2, 0.25) is 0 Å². The SMILES string of the molecule is CC.CC1(C)c2ccccc2N(c2ccccc2)c2ccc3cc(C=O)ccc3c21. The van der Waals surface area contributed by atoms with E-state index in [-0.39, 0.29) is 5.41 Å². The summed E-state index contributed by atoms with van der Waals surface area (Å²) in [5, 5.41) is 2.30. The molecule has 30 heavy (non-hydrogen) atoms. The minimum atomic E-state index is -0.153. The molecule has 0 aliphatic carbocycles. The zero-order valence-electron chi connectivity index (χ0n) is 18.0. The molecule has 0 unspecified atom stereocenters. The Morgan fingerprint density at radius 1 is 0.767 bits per heavy atom. The number of benzene rings is 4. The molecule has 0 spiro atoms. The Morgan fingerprint density at radius 2 is 1.47 bits per heavy atom. The van der Waals surface area contributed by atoms with Gasteiger partial charge in [0.2, 0.25) is 0 Å². The summed E-state index contributed by atoms with van der Waals surface area (Å²) in [6, 6.07) is 29.5. The van der Waals surface area contributed by atoms with Crippen molar-refractivity contribution in [3.05, 3.63) is 102 Å². The minimum absolute atomic E-state index is 0.153. The molecular weight excluding hydrogens is 366 g/mol. The van der Waals surface area contributed by atoms with Gasteiger partial charge >= 0.3 is 0 Å². The van der Waals surface area contributed by atoms with Crippen LogP contribution in [-0.2, 0) is 5.41 Å². The molecular formula is C28H27NO. The lowest BCUT2D eigenvalue weighted by molar-refractivity contribution is 0.112. The zero-order chi connectivity index (χ0) is 21.3. The zero-order valence-corrected chi connectivity index (χ0v) is 18.0. The van der Waals surface area contributed by atoms with E-state index in [1.807, 2.05) is 32.0 Å². The lowest BCUT2D eigenvalue weighted by Crippen LogP contribution is -2.30. The van der Waals surface area contributed by atoms with E-state index in [4.69, 9.17) is 0 Å². The smallest absolute Gasteiger partial charge is 0.150 e. The van der Waals surface area contributed by atoms with Gasteiger partial charge in [0.15, 0.2) is 0 Å². The average Bonchev–Trinajstić information content (AvgIpc) is 2.80. The molecule has 0 atom stereocenters. The van der Waals surface area contributed by atoms with E-state index in [9.17, 15) is 4.79 Å². The molecule has 4 aromatic rings. The van der Waals surface area contributed by atoms with E-state index in [1.165, 1.54) is 27.9 Å². The van der Waals surface area contributed by atoms with Crippen LogP contribution in [0.15, 0.2) is 84.9 Å². The van der Waals surface area contributed by atoms with Crippen LogP contribution < -0.4 is 4.90 Å². The molecule has 150 valence electrons. The van der Waals surface area contributed by atoms with E-state index < -0.39 is 0 Å². The maximum atomic E-state index is 11.3. The lowest BCUT2D eigenvalue weighted by Gasteiger charge is -2.42. The second-order valence-electron chi connectivity index (χ2n) is 7.87. The van der Waals surface area contributed by atoms with Gasteiger partial charge in [-0.1, -0.05) is 82.3 Å². The van der Waals surface area contributed by atoms with Crippen molar-refractivity contribution in [3.63, 3.8) is 0 Å². The predicted molar refractivity (Wildman–Crippen MR) is 127 cm³/mol. The van der Waals surface area contributed by atoms with Crippen molar-refractivity contribution in [2.24, 2.45) is 0 Å². The molecule has 0 fully saturated rings. The third kappa shape index (κ3) is 3.00. The number of fused-ring (bicyclic) bond motifs is 4. The summed E-state index contributed by atoms with van der Waals surface area (Å²) in [5.74, 6) is 0. The molecule has 5 rings (SSSR count). The normalized spacial score (nSPS) is 13.7. The van der Waals surface area contributed by atoms with Crippen LogP contribution in [0, 0.1) is 0 Å². The van der Waals surface area contributed by atoms with Crippen molar-refractivity contribution in [3.8, 4) is 0 Å². The topological polar surface area (TPSA) is 20.3 Å². The number of nitrogens with zero attached hydrogens (tertiary/aromatic N) is 1. The number of hydrogen-bond donors (Lipinski definition) is 0. The largest absolute Gasteiger partial charge is 0.310 e. The summed E-state index contributed by atoms with van der Waals surface area (Å²) >= 11 is 0. The third-order valence-corrected chi connectivity index (χ3v) is 5.86. The molecule has 0 aromatic heterocycles. The molecule has 0 bridgehead atoms. The molecule has 4 aromatic carbocycles. The Kier molecular flexibility index (Phi) is 5.17. The number of carbonyl (C=O) groups is 1. The van der Waals surface area contributed by atoms with Gasteiger partial charge in [-0.15, -0.1) is 0 Å². The first kappa shape index (κ1) is 19.9. The first-order chi connectivity index (χ1) is 14.6. The first-order valence-corrected chi connectivity index (χ1v) is 10.6. The number of hydrogen-bond acceptors (Lipinski definition) is 2. The van der Waals surface area contributed by atoms with Gasteiger partial charge in [-0.05, 0) is 52.2 Å². The molecule has 0 amide bonds. The highest BCUT2D eigenvalue weighted by molar-refractivity contribution is 5.99. The van der Waals surface area contributed by atoms with E-state index in [0.717, 1.165) is 17.4 Å². The number of carbonyl (C=O) groups excluding carboxylic acids is 1. The summed E-state index contributed by atoms with van der Waals surface area (Å²) in [7, 11) is 0. The number of aldehydes is 1. The van der Waals surface area contributed by atoms with Crippen LogP contribution in [0.1, 0.15) is 49.2 Å². The van der Waals surface area contributed by atoms with Crippen molar-refractivity contribution in [2.75, 3.05) is 4.90 Å². The highest BCUT2D eigenvalue weighted by atomic mass is 16.1. The Balaban J connectivity index is 0.00000106. The minimum Gasteiger partial charge on any atom is -0.310 e. The van der Waals surface area contributed by atoms with Crippen molar-refractivity contribution < 1.29 is 4.79 Å². The molecule has 1 aliphatic rings. The molecule has 2 heteroatoms. The second kappa shape index (κ2) is 7.79. The van der Waals surface area contributed by atoms with Gasteiger partial charge in [0.25, 0.3) is 0 Å². The van der Waals surface area contributed by atoms with Gasteiger partial charge in [0.1, 0.15) is 6.29 Å². The van der Waals surface area contributed by atoms with Crippen LogP contribution in [-0.4, -0.2) is 6.29 Å². The monoisotopic (exact) mass is 393 g/mol. The summed E-state index contributed by atoms with van der Waals surface area (Å²) < 4.78 is 0. The highest BCUT2D eigenvalue weighted by Gasteiger charge is 2.37. The van der Waals surface area contributed by atoms with E-state index in [1.54, 1.807) is 0 Å². The van der Waals surface area contributed by atoms with E-state index >= 15 is 0 Å². The summed E-state index contributed by atoms with van der Waals surface area (Å²) in [6.07, 6.45) is 0.912. The Bertz CT molecular complexity index is 1210. The maximum absolute atomic E-state index is 11.3. The second-order valence-corrected chi connectivity index (χ2v) is 7.87. The first-order valence-electron chi connectivity index (χ1n) is 10.6. The quantitative estimate of drug-likeness (QED) is 0.324. The Morgan fingerprint density at radius 3 is 2.20 bits per heavy atom. The number of anilines is 3. The number of para-hydroxylation sites is 2. The van der Waals surface area contributed by atoms with E-state index in [0.29, 0.717) is 5.56 Å². The van der Waals surface area contributed by atoms with Gasteiger partial charge in [-0.2, -0.15) is 0 Å². The molecule has 2 nitrogen and oxygen atoms in total. The van der Waals surface area contributed by atoms with Gasteiger partial charge in [0, 0.05) is 16.7 Å². The molecule has 1 heterocycles. The molecule has 0 saturated carbocycles. The molecule has 1 aliphatic heterocycles. The van der Waals surface area contributed by atoms with Crippen molar-refractivity contribution in [2.45, 2.75) is 33.1 Å². The molecule has 0 N–H and O–H groups in total. The Hall–Kier alpha value is -3.39. The van der Waals surface area contributed by atoms with Gasteiger partial charge in [-0.25, -0.2) is 0 Å². The fourth-order valence-corrected chi connectivity index (χ4v) is 4.57. The van der Waals surface area contributed by atoms with E-state index in [2.05, 4.69) is 85.5 Å². The fourth-order valence-electron chi connectivity index (χ4n) is 4.57. The van der Waals surface area contributed by atoms with Gasteiger partial charge < -0.3 is 4.90 Å². The van der Waals surface area contributed by atoms with Crippen LogP contribution in [0.25, 0.3) is 10.8 Å². The average molecular weight is 394 g/mol. The summed E-state index contributed by atoms with van der Waals surface area (Å²) in [6.45, 7) is 8.58. The van der Waals surface area contributed by atoms with Crippen LogP contribution >= 0.6 is 0 Å². The molecule has 0 radical (unpaired) electrons.